The van der Waals surface area contributed by atoms with Crippen LogP contribution in [0.15, 0.2) is 40.9 Å². The van der Waals surface area contributed by atoms with E-state index in [0.717, 1.165) is 25.0 Å². The average Bonchev–Trinajstić information content (AvgIpc) is 3.22. The van der Waals surface area contributed by atoms with Crippen molar-refractivity contribution in [3.05, 3.63) is 63.6 Å². The van der Waals surface area contributed by atoms with Crippen LogP contribution in [0.4, 0.5) is 8.78 Å². The maximum Gasteiger partial charge on any atom is 0.133 e. The number of hydrogen-bond acceptors (Lipinski definition) is 2. The molecule has 1 saturated carbocycles. The molecule has 1 N–H and O–H groups in total. The van der Waals surface area contributed by atoms with Crippen molar-refractivity contribution in [1.29, 1.82) is 0 Å². The highest BCUT2D eigenvalue weighted by Gasteiger charge is 2.24. The fourth-order valence-corrected chi connectivity index (χ4v) is 2.49. The van der Waals surface area contributed by atoms with Crippen LogP contribution in [0.5, 0.6) is 5.75 Å². The van der Waals surface area contributed by atoms with Gasteiger partial charge in [-0.2, -0.15) is 0 Å². The summed E-state index contributed by atoms with van der Waals surface area (Å²) in [6, 6.07) is 8.89. The summed E-state index contributed by atoms with van der Waals surface area (Å²) in [7, 11) is 0. The molecule has 2 aromatic rings. The van der Waals surface area contributed by atoms with E-state index in [1.807, 2.05) is 0 Å². The maximum absolute atomic E-state index is 13.9. The zero-order valence-corrected chi connectivity index (χ0v) is 12.6. The molecule has 1 fully saturated rings. The van der Waals surface area contributed by atoms with Gasteiger partial charge in [0.15, 0.2) is 0 Å². The number of aliphatic hydroxyl groups is 1. The van der Waals surface area contributed by atoms with Gasteiger partial charge >= 0.3 is 0 Å². The van der Waals surface area contributed by atoms with E-state index >= 15 is 0 Å². The third-order valence-corrected chi connectivity index (χ3v) is 3.80. The smallest absolute Gasteiger partial charge is 0.133 e. The first kappa shape index (κ1) is 14.5. The lowest BCUT2D eigenvalue weighted by Gasteiger charge is -2.14. The Kier molecular flexibility index (Phi) is 3.95. The fourth-order valence-electron chi connectivity index (χ4n) is 2.09. The zero-order chi connectivity index (χ0) is 15.0. The van der Waals surface area contributed by atoms with Crippen LogP contribution < -0.4 is 4.74 Å². The van der Waals surface area contributed by atoms with Crippen LogP contribution in [0.2, 0.25) is 0 Å². The van der Waals surface area contributed by atoms with Crippen LogP contribution in [0.25, 0.3) is 0 Å². The van der Waals surface area contributed by atoms with Gasteiger partial charge in [0, 0.05) is 4.47 Å². The molecule has 0 aliphatic heterocycles. The van der Waals surface area contributed by atoms with Gasteiger partial charge in [0.1, 0.15) is 23.5 Å². The van der Waals surface area contributed by atoms with Crippen molar-refractivity contribution < 1.29 is 18.6 Å². The van der Waals surface area contributed by atoms with E-state index in [2.05, 4.69) is 15.9 Å². The second-order valence-electron chi connectivity index (χ2n) is 5.07. The summed E-state index contributed by atoms with van der Waals surface area (Å²) in [5.74, 6) is -0.870. The van der Waals surface area contributed by atoms with Gasteiger partial charge in [-0.25, -0.2) is 8.78 Å². The molecule has 0 aromatic heterocycles. The molecule has 0 saturated heterocycles. The predicted molar refractivity (Wildman–Crippen MR) is 78.2 cm³/mol. The highest BCUT2D eigenvalue weighted by Crippen LogP contribution is 2.31. The minimum Gasteiger partial charge on any atom is -0.490 e. The number of halogens is 3. The van der Waals surface area contributed by atoms with Crippen LogP contribution in [-0.4, -0.2) is 11.2 Å². The predicted octanol–water partition coefficient (Wildman–Crippen LogP) is 4.35. The summed E-state index contributed by atoms with van der Waals surface area (Å²) in [6.45, 7) is 0. The molecule has 110 valence electrons. The van der Waals surface area contributed by atoms with Gasteiger partial charge in [-0.15, -0.1) is 0 Å². The molecule has 0 spiro atoms. The summed E-state index contributed by atoms with van der Waals surface area (Å²) in [5, 5.41) is 10.2. The summed E-state index contributed by atoms with van der Waals surface area (Å²) >= 11 is 3.01. The maximum atomic E-state index is 13.9. The Balaban J connectivity index is 1.85. The first-order chi connectivity index (χ1) is 10.0. The lowest BCUT2D eigenvalue weighted by Crippen LogP contribution is -2.06. The van der Waals surface area contributed by atoms with E-state index in [9.17, 15) is 13.9 Å². The van der Waals surface area contributed by atoms with Crippen molar-refractivity contribution in [1.82, 2.24) is 0 Å². The fraction of sp³-hybridized carbons (Fsp3) is 0.250. The normalized spacial score (nSPS) is 15.8. The lowest BCUT2D eigenvalue weighted by molar-refractivity contribution is 0.208. The quantitative estimate of drug-likeness (QED) is 0.884. The molecular formula is C16H13BrF2O2. The van der Waals surface area contributed by atoms with E-state index in [0.29, 0.717) is 15.8 Å². The molecule has 1 atom stereocenters. The molecule has 2 nitrogen and oxygen atoms in total. The third-order valence-electron chi connectivity index (χ3n) is 3.34. The van der Waals surface area contributed by atoms with Crippen molar-refractivity contribution in [2.24, 2.45) is 0 Å². The summed E-state index contributed by atoms with van der Waals surface area (Å²) < 4.78 is 33.6. The molecule has 0 radical (unpaired) electrons. The van der Waals surface area contributed by atoms with Gasteiger partial charge in [-0.3, -0.25) is 0 Å². The highest BCUT2D eigenvalue weighted by molar-refractivity contribution is 9.10. The molecule has 0 bridgehead atoms. The van der Waals surface area contributed by atoms with Crippen molar-refractivity contribution in [3.8, 4) is 5.75 Å². The monoisotopic (exact) mass is 354 g/mol. The Labute approximate surface area is 129 Å². The van der Waals surface area contributed by atoms with Gasteiger partial charge in [-0.05, 0) is 42.7 Å². The largest absolute Gasteiger partial charge is 0.490 e. The zero-order valence-electron chi connectivity index (χ0n) is 11.0. The van der Waals surface area contributed by atoms with E-state index in [-0.39, 0.29) is 11.7 Å². The number of ether oxygens (including phenoxy) is 1. The van der Waals surface area contributed by atoms with Gasteiger partial charge in [0.2, 0.25) is 0 Å². The summed E-state index contributed by atoms with van der Waals surface area (Å²) in [5.41, 5.74) is 0.0623. The Bertz CT molecular complexity index is 631. The van der Waals surface area contributed by atoms with E-state index in [1.54, 1.807) is 24.3 Å². The lowest BCUT2D eigenvalue weighted by atomic mass is 10.0. The highest BCUT2D eigenvalue weighted by atomic mass is 79.9. The van der Waals surface area contributed by atoms with Crippen molar-refractivity contribution in [2.75, 3.05) is 0 Å². The molecule has 2 aromatic carbocycles. The topological polar surface area (TPSA) is 29.5 Å². The minimum atomic E-state index is -1.35. The Morgan fingerprint density at radius 1 is 1.10 bits per heavy atom. The molecule has 3 rings (SSSR count). The second kappa shape index (κ2) is 5.73. The molecular weight excluding hydrogens is 342 g/mol. The molecule has 1 aliphatic rings. The Hall–Kier alpha value is -1.46. The van der Waals surface area contributed by atoms with E-state index in [1.165, 1.54) is 0 Å². The van der Waals surface area contributed by atoms with E-state index in [4.69, 9.17) is 4.74 Å². The molecule has 5 heteroatoms. The van der Waals surface area contributed by atoms with Crippen LogP contribution in [0.1, 0.15) is 30.1 Å². The van der Waals surface area contributed by atoms with Crippen molar-refractivity contribution in [3.63, 3.8) is 0 Å². The summed E-state index contributed by atoms with van der Waals surface area (Å²) in [6.07, 6.45) is 1.04. The first-order valence-electron chi connectivity index (χ1n) is 6.63. The van der Waals surface area contributed by atoms with Gasteiger partial charge in [0.05, 0.1) is 11.7 Å². The molecule has 1 aliphatic carbocycles. The van der Waals surface area contributed by atoms with Crippen LogP contribution in [0.3, 0.4) is 0 Å². The Morgan fingerprint density at radius 3 is 2.19 bits per heavy atom. The minimum absolute atomic E-state index is 0.280. The van der Waals surface area contributed by atoms with Crippen LogP contribution in [-0.2, 0) is 0 Å². The number of rotatable bonds is 4. The van der Waals surface area contributed by atoms with Gasteiger partial charge in [-0.1, -0.05) is 28.1 Å². The third kappa shape index (κ3) is 3.24. The standard InChI is InChI=1S/C16H13BrF2O2/c17-10-7-13(18)15(14(19)8-10)16(20)9-1-3-11(4-2-9)21-12-5-6-12/h1-4,7-8,12,16,20H,5-6H2. The van der Waals surface area contributed by atoms with E-state index < -0.39 is 17.7 Å². The number of benzene rings is 2. The van der Waals surface area contributed by atoms with Crippen molar-refractivity contribution in [2.45, 2.75) is 25.0 Å². The molecule has 0 amide bonds. The van der Waals surface area contributed by atoms with Crippen molar-refractivity contribution >= 4 is 15.9 Å². The Morgan fingerprint density at radius 2 is 1.67 bits per heavy atom. The number of aliphatic hydroxyl groups excluding tert-OH is 1. The van der Waals surface area contributed by atoms with Gasteiger partial charge < -0.3 is 9.84 Å². The van der Waals surface area contributed by atoms with Gasteiger partial charge in [0.25, 0.3) is 0 Å². The van der Waals surface area contributed by atoms with Crippen LogP contribution >= 0.6 is 15.9 Å². The molecule has 21 heavy (non-hydrogen) atoms. The summed E-state index contributed by atoms with van der Waals surface area (Å²) in [4.78, 5) is 0. The average molecular weight is 355 g/mol. The van der Waals surface area contributed by atoms with Crippen LogP contribution in [0, 0.1) is 11.6 Å². The second-order valence-corrected chi connectivity index (χ2v) is 5.99. The first-order valence-corrected chi connectivity index (χ1v) is 7.43. The number of hydrogen-bond donors (Lipinski definition) is 1. The molecule has 1 unspecified atom stereocenters. The molecule has 0 heterocycles. The SMILES string of the molecule is OC(c1ccc(OC2CC2)cc1)c1c(F)cc(Br)cc1F.